The number of hydrogen-bond donors (Lipinski definition) is 2. The van der Waals surface area contributed by atoms with E-state index in [4.69, 9.17) is 0 Å². The summed E-state index contributed by atoms with van der Waals surface area (Å²) >= 11 is 4.09. The van der Waals surface area contributed by atoms with Crippen molar-refractivity contribution in [1.82, 2.24) is 20.2 Å². The number of thioether (sulfide) groups is 1. The first-order valence-electron chi connectivity index (χ1n) is 8.80. The highest BCUT2D eigenvalue weighted by Crippen LogP contribution is 2.27. The number of aromatic nitrogens is 4. The first-order valence-corrected chi connectivity index (χ1v) is 11.4. The summed E-state index contributed by atoms with van der Waals surface area (Å²) in [5.74, 6) is -1.38. The average molecular weight is 464 g/mol. The highest BCUT2D eigenvalue weighted by Gasteiger charge is 2.19. The quantitative estimate of drug-likeness (QED) is 0.378. The number of carbonyl (C=O) groups is 1. The molecule has 0 radical (unpaired) electrons. The van der Waals surface area contributed by atoms with Crippen LogP contribution in [0.4, 0.5) is 13.9 Å². The summed E-state index contributed by atoms with van der Waals surface area (Å²) in [5.41, 5.74) is 0.897. The average Bonchev–Trinajstić information content (AvgIpc) is 3.47. The SMILES string of the molecule is CC(Sc1n[nH]c(Cc2cccs2)n1)C(=O)Nc1nc(-c2ccc(F)c(F)c2)cs1. The van der Waals surface area contributed by atoms with E-state index in [9.17, 15) is 13.6 Å². The number of carbonyl (C=O) groups excluding carboxylic acids is 1. The van der Waals surface area contributed by atoms with Crippen LogP contribution < -0.4 is 5.32 Å². The zero-order valence-corrected chi connectivity index (χ0v) is 18.0. The molecule has 0 aliphatic carbocycles. The number of nitrogens with zero attached hydrogens (tertiary/aromatic N) is 3. The first-order chi connectivity index (χ1) is 14.5. The van der Waals surface area contributed by atoms with Gasteiger partial charge in [0.25, 0.3) is 0 Å². The van der Waals surface area contributed by atoms with Gasteiger partial charge in [0, 0.05) is 22.2 Å². The summed E-state index contributed by atoms with van der Waals surface area (Å²) in [4.78, 5) is 22.4. The van der Waals surface area contributed by atoms with E-state index in [2.05, 4.69) is 25.5 Å². The van der Waals surface area contributed by atoms with Crippen molar-refractivity contribution in [3.63, 3.8) is 0 Å². The van der Waals surface area contributed by atoms with Gasteiger partial charge in [-0.2, -0.15) is 0 Å². The fourth-order valence-electron chi connectivity index (χ4n) is 2.53. The molecule has 6 nitrogen and oxygen atoms in total. The van der Waals surface area contributed by atoms with Gasteiger partial charge in [-0.1, -0.05) is 17.8 Å². The minimum Gasteiger partial charge on any atom is -0.301 e. The van der Waals surface area contributed by atoms with Crippen molar-refractivity contribution >= 4 is 45.5 Å². The summed E-state index contributed by atoms with van der Waals surface area (Å²) < 4.78 is 26.5. The van der Waals surface area contributed by atoms with Gasteiger partial charge in [-0.3, -0.25) is 9.89 Å². The number of thiophene rings is 1. The number of hydrogen-bond acceptors (Lipinski definition) is 7. The molecule has 0 aliphatic heterocycles. The smallest absolute Gasteiger partial charge is 0.239 e. The molecule has 0 aliphatic rings. The molecule has 0 bridgehead atoms. The van der Waals surface area contributed by atoms with E-state index in [1.165, 1.54) is 34.0 Å². The Morgan fingerprint density at radius 3 is 2.87 bits per heavy atom. The largest absolute Gasteiger partial charge is 0.301 e. The van der Waals surface area contributed by atoms with E-state index in [0.717, 1.165) is 18.0 Å². The lowest BCUT2D eigenvalue weighted by molar-refractivity contribution is -0.115. The van der Waals surface area contributed by atoms with E-state index in [0.29, 0.717) is 28.0 Å². The Kier molecular flexibility index (Phi) is 6.21. The number of rotatable bonds is 7. The zero-order chi connectivity index (χ0) is 21.1. The molecule has 154 valence electrons. The summed E-state index contributed by atoms with van der Waals surface area (Å²) in [5, 5.41) is 13.9. The maximum absolute atomic E-state index is 13.4. The van der Waals surface area contributed by atoms with Gasteiger partial charge >= 0.3 is 0 Å². The van der Waals surface area contributed by atoms with Crippen molar-refractivity contribution in [3.05, 3.63) is 63.4 Å². The third-order valence-electron chi connectivity index (χ3n) is 4.03. The molecule has 1 atom stereocenters. The molecule has 2 N–H and O–H groups in total. The Balaban J connectivity index is 1.35. The van der Waals surface area contributed by atoms with Crippen LogP contribution in [0.5, 0.6) is 0 Å². The van der Waals surface area contributed by atoms with Gasteiger partial charge in [-0.25, -0.2) is 18.7 Å². The van der Waals surface area contributed by atoms with Crippen molar-refractivity contribution in [3.8, 4) is 11.3 Å². The third-order valence-corrected chi connectivity index (χ3v) is 6.63. The molecule has 3 heterocycles. The van der Waals surface area contributed by atoms with E-state index in [1.807, 2.05) is 17.5 Å². The number of nitrogens with one attached hydrogen (secondary N) is 2. The molecule has 3 aromatic heterocycles. The van der Waals surface area contributed by atoms with E-state index < -0.39 is 16.9 Å². The highest BCUT2D eigenvalue weighted by molar-refractivity contribution is 8.00. The number of aromatic amines is 1. The van der Waals surface area contributed by atoms with Crippen LogP contribution in [0.15, 0.2) is 46.2 Å². The number of halogens is 2. The van der Waals surface area contributed by atoms with Crippen molar-refractivity contribution in [2.45, 2.75) is 23.8 Å². The number of H-pyrrole nitrogens is 1. The van der Waals surface area contributed by atoms with Gasteiger partial charge < -0.3 is 5.32 Å². The third kappa shape index (κ3) is 4.91. The molecule has 0 saturated carbocycles. The second kappa shape index (κ2) is 9.02. The molecule has 4 aromatic rings. The van der Waals surface area contributed by atoms with Crippen molar-refractivity contribution in [1.29, 1.82) is 0 Å². The molecule has 4 rings (SSSR count). The molecule has 1 unspecified atom stereocenters. The maximum Gasteiger partial charge on any atom is 0.239 e. The predicted molar refractivity (Wildman–Crippen MR) is 115 cm³/mol. The highest BCUT2D eigenvalue weighted by atomic mass is 32.2. The van der Waals surface area contributed by atoms with Crippen LogP contribution in [0.1, 0.15) is 17.6 Å². The standard InChI is InChI=1S/C19H15F2N5OS3/c1-10(30-19-23-16(25-26-19)8-12-3-2-6-28-12)17(27)24-18-22-15(9-29-18)11-4-5-13(20)14(21)7-11/h2-7,9-10H,8H2,1H3,(H,22,24,27)(H,23,25,26). The van der Waals surface area contributed by atoms with Crippen LogP contribution in [0.3, 0.4) is 0 Å². The summed E-state index contributed by atoms with van der Waals surface area (Å²) in [6, 6.07) is 7.57. The Morgan fingerprint density at radius 1 is 1.23 bits per heavy atom. The minimum atomic E-state index is -0.943. The van der Waals surface area contributed by atoms with Gasteiger partial charge in [0.05, 0.1) is 10.9 Å². The van der Waals surface area contributed by atoms with Crippen molar-refractivity contribution in [2.24, 2.45) is 0 Å². The molecule has 1 amide bonds. The molecular formula is C19H15F2N5OS3. The Hall–Kier alpha value is -2.63. The van der Waals surface area contributed by atoms with Crippen LogP contribution in [0.2, 0.25) is 0 Å². The minimum absolute atomic E-state index is 0.254. The summed E-state index contributed by atoms with van der Waals surface area (Å²) in [6.07, 6.45) is 0.664. The summed E-state index contributed by atoms with van der Waals surface area (Å²) in [6.45, 7) is 1.75. The number of anilines is 1. The first kappa shape index (κ1) is 20.6. The van der Waals surface area contributed by atoms with Gasteiger partial charge in [0.2, 0.25) is 11.1 Å². The number of thiazole rings is 1. The van der Waals surface area contributed by atoms with Gasteiger partial charge in [0.1, 0.15) is 5.82 Å². The lowest BCUT2D eigenvalue weighted by Gasteiger charge is -2.07. The second-order valence-corrected chi connectivity index (χ2v) is 9.44. The number of amides is 1. The van der Waals surface area contributed by atoms with Crippen LogP contribution >= 0.6 is 34.4 Å². The fraction of sp³-hybridized carbons (Fsp3) is 0.158. The molecule has 1 aromatic carbocycles. The maximum atomic E-state index is 13.4. The molecule has 0 fully saturated rings. The second-order valence-electron chi connectivity index (χ2n) is 6.24. The lowest BCUT2D eigenvalue weighted by Crippen LogP contribution is -2.22. The Labute approximate surface area is 182 Å². The van der Waals surface area contributed by atoms with Crippen LogP contribution in [0, 0.1) is 11.6 Å². The summed E-state index contributed by atoms with van der Waals surface area (Å²) in [7, 11) is 0. The van der Waals surface area contributed by atoms with E-state index in [1.54, 1.807) is 23.6 Å². The molecule has 30 heavy (non-hydrogen) atoms. The van der Waals surface area contributed by atoms with Gasteiger partial charge in [-0.05, 0) is 36.6 Å². The van der Waals surface area contributed by atoms with Crippen LogP contribution in [0.25, 0.3) is 11.3 Å². The zero-order valence-electron chi connectivity index (χ0n) is 15.6. The van der Waals surface area contributed by atoms with E-state index >= 15 is 0 Å². The van der Waals surface area contributed by atoms with Crippen LogP contribution in [-0.2, 0) is 11.2 Å². The molecule has 0 spiro atoms. The monoisotopic (exact) mass is 463 g/mol. The molecule has 11 heteroatoms. The lowest BCUT2D eigenvalue weighted by atomic mass is 10.2. The van der Waals surface area contributed by atoms with Crippen molar-refractivity contribution in [2.75, 3.05) is 5.32 Å². The van der Waals surface area contributed by atoms with Gasteiger partial charge in [0.15, 0.2) is 16.8 Å². The normalized spacial score (nSPS) is 12.1. The topological polar surface area (TPSA) is 83.6 Å². The Morgan fingerprint density at radius 2 is 2.10 bits per heavy atom. The van der Waals surface area contributed by atoms with Crippen molar-refractivity contribution < 1.29 is 13.6 Å². The van der Waals surface area contributed by atoms with Gasteiger partial charge in [-0.15, -0.1) is 27.8 Å². The Bertz CT molecular complexity index is 1160. The molecule has 0 saturated heterocycles. The van der Waals surface area contributed by atoms with Crippen LogP contribution in [-0.4, -0.2) is 31.3 Å². The molecular weight excluding hydrogens is 448 g/mol. The fourth-order valence-corrected chi connectivity index (χ4v) is 4.70. The number of benzene rings is 1. The predicted octanol–water partition coefficient (Wildman–Crippen LogP) is 4.98. The van der Waals surface area contributed by atoms with E-state index in [-0.39, 0.29) is 5.91 Å².